The number of anilines is 2. The van der Waals surface area contributed by atoms with Crippen LogP contribution in [0.15, 0.2) is 54.0 Å². The highest BCUT2D eigenvalue weighted by atomic mass is 32.1. The van der Waals surface area contributed by atoms with Crippen LogP contribution in [0.5, 0.6) is 5.75 Å². The van der Waals surface area contributed by atoms with Gasteiger partial charge in [-0.3, -0.25) is 10.1 Å². The van der Waals surface area contributed by atoms with Gasteiger partial charge < -0.3 is 15.2 Å². The van der Waals surface area contributed by atoms with E-state index in [-0.39, 0.29) is 5.91 Å². The molecule has 0 atom stereocenters. The Balaban J connectivity index is 1.73. The first-order valence-electron chi connectivity index (χ1n) is 9.45. The molecule has 0 fully saturated rings. The van der Waals surface area contributed by atoms with E-state index in [1.165, 1.54) is 16.9 Å². The van der Waals surface area contributed by atoms with Crippen LogP contribution in [0.25, 0.3) is 0 Å². The Kier molecular flexibility index (Phi) is 7.61. The molecular weight excluding hydrogens is 386 g/mol. The van der Waals surface area contributed by atoms with Gasteiger partial charge in [-0.1, -0.05) is 12.1 Å². The summed E-state index contributed by atoms with van der Waals surface area (Å²) in [5.41, 5.74) is 9.29. The molecule has 0 saturated heterocycles. The second kappa shape index (κ2) is 10.6. The number of hydrogen-bond donors (Lipinski definition) is 2. The second-order valence-corrected chi connectivity index (χ2v) is 7.49. The molecule has 0 bridgehead atoms. The molecule has 3 N–H and O–H groups in total. The van der Waals surface area contributed by atoms with Crippen molar-refractivity contribution in [3.8, 4) is 5.75 Å². The number of aromatic nitrogens is 1. The van der Waals surface area contributed by atoms with Crippen molar-refractivity contribution in [3.63, 3.8) is 0 Å². The number of nitrogen functional groups attached to an aromatic ring is 1. The van der Waals surface area contributed by atoms with Crippen LogP contribution < -0.4 is 15.8 Å². The number of benzene rings is 2. The molecule has 1 aromatic heterocycles. The number of carbonyl (C=O) groups excluding carboxylic acids is 1. The van der Waals surface area contributed by atoms with Crippen molar-refractivity contribution in [2.75, 3.05) is 31.4 Å². The van der Waals surface area contributed by atoms with Crippen LogP contribution in [0.4, 0.5) is 10.8 Å². The van der Waals surface area contributed by atoms with Crippen molar-refractivity contribution in [2.24, 2.45) is 0 Å². The Morgan fingerprint density at radius 3 is 2.62 bits per heavy atom. The van der Waals surface area contributed by atoms with Gasteiger partial charge in [0.1, 0.15) is 5.75 Å². The number of ether oxygens (including phenoxy) is 2. The molecule has 7 heteroatoms. The van der Waals surface area contributed by atoms with E-state index in [2.05, 4.69) is 10.3 Å². The summed E-state index contributed by atoms with van der Waals surface area (Å²) in [5.74, 6) is 0.483. The summed E-state index contributed by atoms with van der Waals surface area (Å²) in [7, 11) is 1.67. The van der Waals surface area contributed by atoms with Crippen molar-refractivity contribution >= 4 is 28.1 Å². The van der Waals surface area contributed by atoms with E-state index in [1.54, 1.807) is 19.4 Å². The second-order valence-electron chi connectivity index (χ2n) is 6.59. The van der Waals surface area contributed by atoms with Crippen molar-refractivity contribution in [2.45, 2.75) is 19.3 Å². The molecule has 0 unspecified atom stereocenters. The van der Waals surface area contributed by atoms with Gasteiger partial charge in [-0.25, -0.2) is 4.98 Å². The van der Waals surface area contributed by atoms with Gasteiger partial charge in [0, 0.05) is 43.0 Å². The zero-order valence-electron chi connectivity index (χ0n) is 16.4. The first-order valence-corrected chi connectivity index (χ1v) is 10.3. The highest BCUT2D eigenvalue weighted by Crippen LogP contribution is 2.21. The maximum absolute atomic E-state index is 12.7. The van der Waals surface area contributed by atoms with Crippen molar-refractivity contribution < 1.29 is 14.3 Å². The van der Waals surface area contributed by atoms with Gasteiger partial charge in [-0.2, -0.15) is 0 Å². The van der Waals surface area contributed by atoms with E-state index in [9.17, 15) is 4.79 Å². The Morgan fingerprint density at radius 1 is 1.10 bits per heavy atom. The minimum atomic E-state index is -0.198. The normalized spacial score (nSPS) is 10.7. The average molecular weight is 412 g/mol. The van der Waals surface area contributed by atoms with Crippen molar-refractivity contribution in [3.05, 3.63) is 70.7 Å². The van der Waals surface area contributed by atoms with E-state index < -0.39 is 0 Å². The number of nitrogens with one attached hydrogen (secondary N) is 1. The summed E-state index contributed by atoms with van der Waals surface area (Å²) in [6, 6.07) is 13.5. The minimum Gasteiger partial charge on any atom is -0.493 e. The number of hydrogen-bond acceptors (Lipinski definition) is 6. The standard InChI is InChI=1S/C22H25N3O3S/c1-27-10-2-11-28-20-14-17(4-3-16-5-7-19(23)8-6-16)13-18(15-20)21(26)25-22-24-9-12-29-22/h5-9,12-15H,2-4,10-11,23H2,1H3,(H,24,25,26). The van der Waals surface area contributed by atoms with Crippen LogP contribution in [0.1, 0.15) is 27.9 Å². The van der Waals surface area contributed by atoms with Crippen molar-refractivity contribution in [1.82, 2.24) is 4.98 Å². The molecule has 0 aliphatic heterocycles. The van der Waals surface area contributed by atoms with Gasteiger partial charge in [0.15, 0.2) is 5.13 Å². The fourth-order valence-electron chi connectivity index (χ4n) is 2.84. The maximum Gasteiger partial charge on any atom is 0.257 e. The molecule has 0 radical (unpaired) electrons. The highest BCUT2D eigenvalue weighted by molar-refractivity contribution is 7.13. The molecule has 6 nitrogen and oxygen atoms in total. The third-order valence-electron chi connectivity index (χ3n) is 4.32. The molecule has 0 saturated carbocycles. The van der Waals surface area contributed by atoms with Gasteiger partial charge in [-0.05, 0) is 54.3 Å². The van der Waals surface area contributed by atoms with E-state index in [0.717, 1.165) is 30.5 Å². The summed E-state index contributed by atoms with van der Waals surface area (Å²) in [6.07, 6.45) is 4.08. The lowest BCUT2D eigenvalue weighted by molar-refractivity contribution is 0.102. The number of carbonyl (C=O) groups is 1. The quantitative estimate of drug-likeness (QED) is 0.386. The number of thiazole rings is 1. The Labute approximate surface area is 174 Å². The highest BCUT2D eigenvalue weighted by Gasteiger charge is 2.11. The third kappa shape index (κ3) is 6.58. The lowest BCUT2D eigenvalue weighted by atomic mass is 10.0. The first-order chi connectivity index (χ1) is 14.1. The number of nitrogens with two attached hydrogens (primary N) is 1. The summed E-state index contributed by atoms with van der Waals surface area (Å²) < 4.78 is 10.9. The number of aryl methyl sites for hydroxylation is 2. The summed E-state index contributed by atoms with van der Waals surface area (Å²) in [4.78, 5) is 16.8. The Bertz CT molecular complexity index is 912. The molecular formula is C22H25N3O3S. The van der Waals surface area contributed by atoms with Crippen LogP contribution in [0, 0.1) is 0 Å². The van der Waals surface area contributed by atoms with Gasteiger partial charge in [-0.15, -0.1) is 11.3 Å². The van der Waals surface area contributed by atoms with E-state index >= 15 is 0 Å². The summed E-state index contributed by atoms with van der Waals surface area (Å²) in [5, 5.41) is 5.22. The predicted molar refractivity (Wildman–Crippen MR) is 117 cm³/mol. The smallest absolute Gasteiger partial charge is 0.257 e. The van der Waals surface area contributed by atoms with Gasteiger partial charge >= 0.3 is 0 Å². The molecule has 1 heterocycles. The SMILES string of the molecule is COCCCOc1cc(CCc2ccc(N)cc2)cc(C(=O)Nc2nccs2)c1. The van der Waals surface area contributed by atoms with E-state index in [4.69, 9.17) is 15.2 Å². The van der Waals surface area contributed by atoms with E-state index in [1.807, 2.05) is 41.8 Å². The topological polar surface area (TPSA) is 86.5 Å². The van der Waals surface area contributed by atoms with Crippen molar-refractivity contribution in [1.29, 1.82) is 0 Å². The molecule has 3 rings (SSSR count). The molecule has 0 aliphatic rings. The molecule has 0 aliphatic carbocycles. The lowest BCUT2D eigenvalue weighted by Gasteiger charge is -2.11. The number of nitrogens with zero attached hydrogens (tertiary/aromatic N) is 1. The molecule has 3 aromatic rings. The van der Waals surface area contributed by atoms with Crippen LogP contribution in [0.2, 0.25) is 0 Å². The van der Waals surface area contributed by atoms with Crippen LogP contribution in [0.3, 0.4) is 0 Å². The zero-order chi connectivity index (χ0) is 20.5. The fraction of sp³-hybridized carbons (Fsp3) is 0.273. The third-order valence-corrected chi connectivity index (χ3v) is 5.01. The monoisotopic (exact) mass is 411 g/mol. The molecule has 2 aromatic carbocycles. The van der Waals surface area contributed by atoms with Gasteiger partial charge in [0.2, 0.25) is 0 Å². The first kappa shape index (κ1) is 20.8. The van der Waals surface area contributed by atoms with E-state index in [0.29, 0.717) is 29.7 Å². The lowest BCUT2D eigenvalue weighted by Crippen LogP contribution is -2.13. The van der Waals surface area contributed by atoms with Gasteiger partial charge in [0.25, 0.3) is 5.91 Å². The number of methoxy groups -OCH3 is 1. The van der Waals surface area contributed by atoms with Crippen LogP contribution in [-0.2, 0) is 17.6 Å². The Hall–Kier alpha value is -2.90. The molecule has 1 amide bonds. The minimum absolute atomic E-state index is 0.198. The number of rotatable bonds is 10. The largest absolute Gasteiger partial charge is 0.493 e. The average Bonchev–Trinajstić information content (AvgIpc) is 3.24. The van der Waals surface area contributed by atoms with Gasteiger partial charge in [0.05, 0.1) is 6.61 Å². The molecule has 152 valence electrons. The Morgan fingerprint density at radius 2 is 1.90 bits per heavy atom. The molecule has 29 heavy (non-hydrogen) atoms. The van der Waals surface area contributed by atoms with Crippen LogP contribution >= 0.6 is 11.3 Å². The maximum atomic E-state index is 12.7. The molecule has 0 spiro atoms. The predicted octanol–water partition coefficient (Wildman–Crippen LogP) is 4.18. The summed E-state index contributed by atoms with van der Waals surface area (Å²) >= 11 is 1.38. The van der Waals surface area contributed by atoms with Crippen LogP contribution in [-0.4, -0.2) is 31.2 Å². The zero-order valence-corrected chi connectivity index (χ0v) is 17.2. The summed E-state index contributed by atoms with van der Waals surface area (Å²) in [6.45, 7) is 1.16. The number of amides is 1. The fourth-order valence-corrected chi connectivity index (χ4v) is 3.36.